The molecule has 2 N–H and O–H groups in total. The second-order valence-corrected chi connectivity index (χ2v) is 5.60. The van der Waals surface area contributed by atoms with E-state index < -0.39 is 6.10 Å². The highest BCUT2D eigenvalue weighted by Gasteiger charge is 2.26. The molecule has 0 saturated carbocycles. The fourth-order valence-electron chi connectivity index (χ4n) is 1.78. The molecule has 0 aliphatic carbocycles. The van der Waals surface area contributed by atoms with Crippen LogP contribution in [0, 0.1) is 0 Å². The van der Waals surface area contributed by atoms with Crippen molar-refractivity contribution in [2.24, 2.45) is 4.99 Å². The standard InChI is InChI=1S/C14H19ClN2O2/c1-14(2)9-19-13(17-14)10-4-3-5-11(6-10)16-8-12(18)7-15/h3-6,12,16,18H,7-9H2,1-2H3. The highest BCUT2D eigenvalue weighted by Crippen LogP contribution is 2.22. The Morgan fingerprint density at radius 3 is 2.95 bits per heavy atom. The summed E-state index contributed by atoms with van der Waals surface area (Å²) in [4.78, 5) is 4.54. The van der Waals surface area contributed by atoms with Gasteiger partial charge in [0.2, 0.25) is 5.90 Å². The number of aliphatic hydroxyl groups is 1. The van der Waals surface area contributed by atoms with Crippen molar-refractivity contribution in [2.75, 3.05) is 24.3 Å². The predicted molar refractivity (Wildman–Crippen MR) is 78.2 cm³/mol. The third-order valence-corrected chi connectivity index (χ3v) is 3.15. The molecule has 1 aromatic carbocycles. The van der Waals surface area contributed by atoms with Gasteiger partial charge in [0.15, 0.2) is 0 Å². The lowest BCUT2D eigenvalue weighted by atomic mass is 10.1. The molecule has 2 rings (SSSR count). The van der Waals surface area contributed by atoms with E-state index in [2.05, 4.69) is 10.3 Å². The summed E-state index contributed by atoms with van der Waals surface area (Å²) in [5.74, 6) is 0.892. The Hall–Kier alpha value is -1.26. The molecule has 0 radical (unpaired) electrons. The van der Waals surface area contributed by atoms with E-state index in [4.69, 9.17) is 16.3 Å². The summed E-state index contributed by atoms with van der Waals surface area (Å²) in [6.45, 7) is 5.11. The average Bonchev–Trinajstić information content (AvgIpc) is 2.77. The second-order valence-electron chi connectivity index (χ2n) is 5.29. The second kappa shape index (κ2) is 5.80. The first kappa shape index (κ1) is 14.2. The van der Waals surface area contributed by atoms with Gasteiger partial charge in [0.05, 0.1) is 17.5 Å². The van der Waals surface area contributed by atoms with Crippen LogP contribution in [0.1, 0.15) is 19.4 Å². The van der Waals surface area contributed by atoms with Crippen molar-refractivity contribution < 1.29 is 9.84 Å². The van der Waals surface area contributed by atoms with Gasteiger partial charge in [-0.05, 0) is 32.0 Å². The third-order valence-electron chi connectivity index (χ3n) is 2.80. The van der Waals surface area contributed by atoms with Crippen LogP contribution in [0.2, 0.25) is 0 Å². The topological polar surface area (TPSA) is 53.8 Å². The smallest absolute Gasteiger partial charge is 0.216 e. The molecular weight excluding hydrogens is 264 g/mol. The molecule has 1 aliphatic rings. The number of nitrogens with zero attached hydrogens (tertiary/aromatic N) is 1. The van der Waals surface area contributed by atoms with Gasteiger partial charge in [-0.1, -0.05) is 6.07 Å². The first-order chi connectivity index (χ1) is 9.00. The van der Waals surface area contributed by atoms with Crippen LogP contribution < -0.4 is 5.32 Å². The number of benzene rings is 1. The van der Waals surface area contributed by atoms with Gasteiger partial charge in [0, 0.05) is 17.8 Å². The van der Waals surface area contributed by atoms with Gasteiger partial charge >= 0.3 is 0 Å². The number of hydrogen-bond acceptors (Lipinski definition) is 4. The number of alkyl halides is 1. The third kappa shape index (κ3) is 3.85. The largest absolute Gasteiger partial charge is 0.475 e. The Balaban J connectivity index is 2.08. The minimum atomic E-state index is -0.552. The normalized spacial score (nSPS) is 18.6. The highest BCUT2D eigenvalue weighted by molar-refractivity contribution is 6.18. The Morgan fingerprint density at radius 1 is 1.53 bits per heavy atom. The first-order valence-electron chi connectivity index (χ1n) is 6.31. The highest BCUT2D eigenvalue weighted by atomic mass is 35.5. The van der Waals surface area contributed by atoms with Gasteiger partial charge in [-0.15, -0.1) is 11.6 Å². The van der Waals surface area contributed by atoms with E-state index in [0.29, 0.717) is 19.0 Å². The molecule has 0 spiro atoms. The molecule has 5 heteroatoms. The van der Waals surface area contributed by atoms with Crippen molar-refractivity contribution in [3.05, 3.63) is 29.8 Å². The molecule has 104 valence electrons. The summed E-state index contributed by atoms with van der Waals surface area (Å²) in [6, 6.07) is 7.79. The Labute approximate surface area is 118 Å². The summed E-state index contributed by atoms with van der Waals surface area (Å²) >= 11 is 5.56. The molecule has 19 heavy (non-hydrogen) atoms. The van der Waals surface area contributed by atoms with E-state index in [1.165, 1.54) is 0 Å². The minimum Gasteiger partial charge on any atom is -0.475 e. The van der Waals surface area contributed by atoms with Crippen LogP contribution >= 0.6 is 11.6 Å². The minimum absolute atomic E-state index is 0.159. The lowest BCUT2D eigenvalue weighted by Gasteiger charge is -2.11. The quantitative estimate of drug-likeness (QED) is 0.815. The van der Waals surface area contributed by atoms with E-state index in [0.717, 1.165) is 11.3 Å². The van der Waals surface area contributed by atoms with Crippen molar-refractivity contribution in [1.82, 2.24) is 0 Å². The molecule has 1 aliphatic heterocycles. The number of ether oxygens (including phenoxy) is 1. The maximum Gasteiger partial charge on any atom is 0.216 e. The molecule has 0 bridgehead atoms. The van der Waals surface area contributed by atoms with E-state index in [-0.39, 0.29) is 11.4 Å². The van der Waals surface area contributed by atoms with E-state index in [1.54, 1.807) is 0 Å². The number of hydrogen-bond donors (Lipinski definition) is 2. The van der Waals surface area contributed by atoms with Crippen molar-refractivity contribution in [3.63, 3.8) is 0 Å². The van der Waals surface area contributed by atoms with E-state index >= 15 is 0 Å². The molecule has 0 amide bonds. The number of aliphatic imine (C=N–C) groups is 1. The van der Waals surface area contributed by atoms with Gasteiger partial charge in [0.25, 0.3) is 0 Å². The molecule has 0 saturated heterocycles. The number of aliphatic hydroxyl groups excluding tert-OH is 1. The van der Waals surface area contributed by atoms with Crippen molar-refractivity contribution in [2.45, 2.75) is 25.5 Å². The van der Waals surface area contributed by atoms with Crippen LogP contribution in [-0.2, 0) is 4.74 Å². The molecule has 1 unspecified atom stereocenters. The van der Waals surface area contributed by atoms with Crippen molar-refractivity contribution >= 4 is 23.2 Å². The van der Waals surface area contributed by atoms with Crippen LogP contribution in [0.4, 0.5) is 5.69 Å². The van der Waals surface area contributed by atoms with E-state index in [1.807, 2.05) is 38.1 Å². The van der Waals surface area contributed by atoms with Crippen molar-refractivity contribution in [1.29, 1.82) is 0 Å². The first-order valence-corrected chi connectivity index (χ1v) is 6.84. The SMILES string of the molecule is CC1(C)COC(c2cccc(NCC(O)CCl)c2)=N1. The average molecular weight is 283 g/mol. The molecule has 1 aromatic rings. The van der Waals surface area contributed by atoms with E-state index in [9.17, 15) is 5.11 Å². The maximum absolute atomic E-state index is 9.43. The monoisotopic (exact) mass is 282 g/mol. The summed E-state index contributed by atoms with van der Waals surface area (Å²) in [7, 11) is 0. The molecule has 1 heterocycles. The Kier molecular flexibility index (Phi) is 4.32. The number of rotatable bonds is 5. The zero-order chi connectivity index (χ0) is 13.9. The fourth-order valence-corrected chi connectivity index (χ4v) is 1.89. The Bertz CT molecular complexity index is 474. The lowest BCUT2D eigenvalue weighted by molar-refractivity contribution is 0.211. The van der Waals surface area contributed by atoms with Crippen LogP contribution in [-0.4, -0.2) is 41.7 Å². The molecule has 0 fully saturated rings. The molecule has 1 atom stereocenters. The summed E-state index contributed by atoms with van der Waals surface area (Å²) in [6.07, 6.45) is -0.552. The van der Waals surface area contributed by atoms with Gasteiger partial charge in [-0.25, -0.2) is 4.99 Å². The number of nitrogens with one attached hydrogen (secondary N) is 1. The van der Waals surface area contributed by atoms with Gasteiger partial charge in [-0.3, -0.25) is 0 Å². The Morgan fingerprint density at radius 2 is 2.32 bits per heavy atom. The summed E-state index contributed by atoms with van der Waals surface area (Å²) < 4.78 is 5.61. The van der Waals surface area contributed by atoms with Crippen LogP contribution in [0.15, 0.2) is 29.3 Å². The van der Waals surface area contributed by atoms with Crippen LogP contribution in [0.25, 0.3) is 0 Å². The molecule has 4 nitrogen and oxygen atoms in total. The number of anilines is 1. The van der Waals surface area contributed by atoms with Crippen LogP contribution in [0.5, 0.6) is 0 Å². The summed E-state index contributed by atoms with van der Waals surface area (Å²) in [5, 5.41) is 12.6. The number of halogens is 1. The van der Waals surface area contributed by atoms with Gasteiger partial charge in [0.1, 0.15) is 6.61 Å². The lowest BCUT2D eigenvalue weighted by Crippen LogP contribution is -2.20. The van der Waals surface area contributed by atoms with Gasteiger partial charge < -0.3 is 15.2 Å². The van der Waals surface area contributed by atoms with Gasteiger partial charge in [-0.2, -0.15) is 0 Å². The fraction of sp³-hybridized carbons (Fsp3) is 0.500. The van der Waals surface area contributed by atoms with Crippen molar-refractivity contribution in [3.8, 4) is 0 Å². The maximum atomic E-state index is 9.43. The predicted octanol–water partition coefficient (Wildman–Crippen LogP) is 2.25. The zero-order valence-electron chi connectivity index (χ0n) is 11.2. The van der Waals surface area contributed by atoms with Crippen LogP contribution in [0.3, 0.4) is 0 Å². The zero-order valence-corrected chi connectivity index (χ0v) is 11.9. The molecule has 0 aromatic heterocycles. The summed E-state index contributed by atoms with van der Waals surface area (Å²) in [5.41, 5.74) is 1.70. The molecular formula is C14H19ClN2O2.